The number of alkyl halides is 3. The van der Waals surface area contributed by atoms with Crippen LogP contribution in [-0.2, 0) is 17.5 Å². The molecule has 2 heterocycles. The predicted molar refractivity (Wildman–Crippen MR) is 139 cm³/mol. The average Bonchev–Trinajstić information content (AvgIpc) is 3.52. The lowest BCUT2D eigenvalue weighted by Gasteiger charge is -2.40. The first-order valence-corrected chi connectivity index (χ1v) is 14.3. The number of carbonyl (C=O) groups is 1. The third-order valence-electron chi connectivity index (χ3n) is 7.70. The summed E-state index contributed by atoms with van der Waals surface area (Å²) in [6.45, 7) is -0.230. The summed E-state index contributed by atoms with van der Waals surface area (Å²) in [6, 6.07) is 12.8. The minimum Gasteiger partial charge on any atom is -0.325 e. The maximum Gasteiger partial charge on any atom is 0.416 e. The van der Waals surface area contributed by atoms with Gasteiger partial charge in [-0.1, -0.05) is 45.5 Å². The summed E-state index contributed by atoms with van der Waals surface area (Å²) in [7, 11) is 0. The maximum atomic E-state index is 13.1. The van der Waals surface area contributed by atoms with Gasteiger partial charge in [-0.2, -0.15) is 13.2 Å². The molecule has 0 spiro atoms. The number of thioether (sulfide) groups is 1. The van der Waals surface area contributed by atoms with Gasteiger partial charge in [0.15, 0.2) is 0 Å². The van der Waals surface area contributed by atoms with E-state index < -0.39 is 17.6 Å². The van der Waals surface area contributed by atoms with E-state index in [1.165, 1.54) is 52.9 Å². The number of hydrogen-bond acceptors (Lipinski definition) is 4. The SMILES string of the molecule is O=C(Cn1c2c(sc1=O)[C@@H](c1ccc(Br)cc1)[C@@H]1[C@H]3CC[C@@H](C3)[C@H]1S2)Nc1cccc(C(F)(F)F)c1. The van der Waals surface area contributed by atoms with Crippen molar-refractivity contribution in [2.24, 2.45) is 17.8 Å². The Bertz CT molecular complexity index is 1390. The van der Waals surface area contributed by atoms with Crippen LogP contribution in [0.5, 0.6) is 0 Å². The van der Waals surface area contributed by atoms with Gasteiger partial charge in [-0.05, 0) is 72.9 Å². The number of halogens is 4. The van der Waals surface area contributed by atoms with Gasteiger partial charge in [0.1, 0.15) is 6.54 Å². The van der Waals surface area contributed by atoms with Gasteiger partial charge in [0, 0.05) is 26.2 Å². The van der Waals surface area contributed by atoms with E-state index in [1.807, 2.05) is 12.1 Å². The molecule has 2 aromatic carbocycles. The molecule has 5 atom stereocenters. The molecular weight excluding hydrogens is 573 g/mol. The molecule has 10 heteroatoms. The van der Waals surface area contributed by atoms with E-state index in [-0.39, 0.29) is 23.0 Å². The zero-order chi connectivity index (χ0) is 25.2. The Kier molecular flexibility index (Phi) is 6.12. The fourth-order valence-electron chi connectivity index (χ4n) is 6.25. The Morgan fingerprint density at radius 3 is 2.61 bits per heavy atom. The summed E-state index contributed by atoms with van der Waals surface area (Å²) in [6.07, 6.45) is -0.861. The molecule has 2 bridgehead atoms. The van der Waals surface area contributed by atoms with Gasteiger partial charge in [0.25, 0.3) is 0 Å². The first kappa shape index (κ1) is 24.3. The number of thiazole rings is 1. The lowest BCUT2D eigenvalue weighted by Crippen LogP contribution is -2.34. The number of anilines is 1. The summed E-state index contributed by atoms with van der Waals surface area (Å²) in [5.41, 5.74) is 0.408. The van der Waals surface area contributed by atoms with Crippen molar-refractivity contribution in [2.75, 3.05) is 5.32 Å². The fraction of sp³-hybridized carbons (Fsp3) is 0.385. The summed E-state index contributed by atoms with van der Waals surface area (Å²) < 4.78 is 41.7. The number of benzene rings is 2. The summed E-state index contributed by atoms with van der Waals surface area (Å²) in [5, 5.41) is 3.78. The number of aromatic nitrogens is 1. The van der Waals surface area contributed by atoms with Crippen molar-refractivity contribution >= 4 is 50.6 Å². The van der Waals surface area contributed by atoms with Crippen LogP contribution in [0.2, 0.25) is 0 Å². The highest BCUT2D eigenvalue weighted by Crippen LogP contribution is 2.64. The number of nitrogens with zero attached hydrogens (tertiary/aromatic N) is 1. The van der Waals surface area contributed by atoms with Gasteiger partial charge in [-0.15, -0.1) is 11.8 Å². The van der Waals surface area contributed by atoms with Crippen molar-refractivity contribution in [1.29, 1.82) is 0 Å². The van der Waals surface area contributed by atoms with Crippen molar-refractivity contribution in [3.05, 3.63) is 78.7 Å². The first-order chi connectivity index (χ1) is 17.2. The molecule has 0 unspecified atom stereocenters. The summed E-state index contributed by atoms with van der Waals surface area (Å²) in [4.78, 5) is 26.8. The number of fused-ring (bicyclic) bond motifs is 6. The number of rotatable bonds is 4. The highest BCUT2D eigenvalue weighted by atomic mass is 79.9. The standard InChI is InChI=1S/C26H22BrF3N2O2S2/c27-17-8-6-13(7-9-17)20-21-14-4-5-15(10-14)22(21)35-24-23(20)36-25(34)32(24)12-19(33)31-18-3-1-2-16(11-18)26(28,29)30/h1-3,6-9,11,14-15,20-22H,4-5,10,12H2,(H,31,33)/t14-,15-,20-,21-,22+/m0/s1. The largest absolute Gasteiger partial charge is 0.416 e. The molecule has 4 nitrogen and oxygen atoms in total. The van der Waals surface area contributed by atoms with Crippen LogP contribution < -0.4 is 10.2 Å². The minimum atomic E-state index is -4.50. The minimum absolute atomic E-state index is 0.0560. The molecule has 1 amide bonds. The molecule has 0 radical (unpaired) electrons. The molecule has 1 N–H and O–H groups in total. The number of carbonyl (C=O) groups excluding carboxylic acids is 1. The van der Waals surface area contributed by atoms with E-state index in [4.69, 9.17) is 0 Å². The van der Waals surface area contributed by atoms with E-state index >= 15 is 0 Å². The predicted octanol–water partition coefficient (Wildman–Crippen LogP) is 6.98. The van der Waals surface area contributed by atoms with Crippen molar-refractivity contribution in [1.82, 2.24) is 4.57 Å². The smallest absolute Gasteiger partial charge is 0.325 e. The van der Waals surface area contributed by atoms with Gasteiger partial charge < -0.3 is 5.32 Å². The number of hydrogen-bond donors (Lipinski definition) is 1. The van der Waals surface area contributed by atoms with Crippen LogP contribution in [0.4, 0.5) is 18.9 Å². The van der Waals surface area contributed by atoms with Crippen LogP contribution >= 0.6 is 39.0 Å². The van der Waals surface area contributed by atoms with E-state index in [2.05, 4.69) is 33.4 Å². The zero-order valence-corrected chi connectivity index (χ0v) is 22.1. The first-order valence-electron chi connectivity index (χ1n) is 11.8. The highest BCUT2D eigenvalue weighted by molar-refractivity contribution is 9.10. The zero-order valence-electron chi connectivity index (χ0n) is 18.9. The van der Waals surface area contributed by atoms with Crippen LogP contribution in [0.3, 0.4) is 0 Å². The quantitative estimate of drug-likeness (QED) is 0.354. The Hall–Kier alpha value is -2.04. The van der Waals surface area contributed by atoms with Gasteiger partial charge >= 0.3 is 11.0 Å². The lowest BCUT2D eigenvalue weighted by molar-refractivity contribution is -0.137. The van der Waals surface area contributed by atoms with E-state index in [1.54, 1.807) is 11.8 Å². The van der Waals surface area contributed by atoms with Crippen molar-refractivity contribution < 1.29 is 18.0 Å². The molecule has 188 valence electrons. The second-order valence-electron chi connectivity index (χ2n) is 9.77. The van der Waals surface area contributed by atoms with Crippen LogP contribution in [-0.4, -0.2) is 15.7 Å². The molecule has 36 heavy (non-hydrogen) atoms. The average molecular weight is 596 g/mol. The molecule has 0 saturated heterocycles. The molecule has 3 aromatic rings. The van der Waals surface area contributed by atoms with E-state index in [9.17, 15) is 22.8 Å². The monoisotopic (exact) mass is 594 g/mol. The number of amides is 1. The van der Waals surface area contributed by atoms with Crippen molar-refractivity contribution in [3.63, 3.8) is 0 Å². The summed E-state index contributed by atoms with van der Waals surface area (Å²) >= 11 is 6.44. The molecule has 2 saturated carbocycles. The Morgan fingerprint density at radius 1 is 1.11 bits per heavy atom. The van der Waals surface area contributed by atoms with Crippen molar-refractivity contribution in [2.45, 2.75) is 48.2 Å². The molecule has 1 aliphatic heterocycles. The van der Waals surface area contributed by atoms with Gasteiger partial charge in [-0.3, -0.25) is 14.2 Å². The van der Waals surface area contributed by atoms with E-state index in [0.717, 1.165) is 26.5 Å². The van der Waals surface area contributed by atoms with Crippen LogP contribution in [0.1, 0.15) is 41.2 Å². The molecule has 1 aromatic heterocycles. The Morgan fingerprint density at radius 2 is 1.86 bits per heavy atom. The van der Waals surface area contributed by atoms with Crippen LogP contribution in [0, 0.1) is 17.8 Å². The van der Waals surface area contributed by atoms with Crippen LogP contribution in [0.15, 0.2) is 62.8 Å². The van der Waals surface area contributed by atoms with Crippen LogP contribution in [0.25, 0.3) is 0 Å². The molecule has 2 fully saturated rings. The van der Waals surface area contributed by atoms with Gasteiger partial charge in [-0.25, -0.2) is 0 Å². The topological polar surface area (TPSA) is 51.1 Å². The second-order valence-corrected chi connectivity index (χ2v) is 12.8. The van der Waals surface area contributed by atoms with Crippen molar-refractivity contribution in [3.8, 4) is 0 Å². The third kappa shape index (κ3) is 4.24. The van der Waals surface area contributed by atoms with Gasteiger partial charge in [0.2, 0.25) is 5.91 Å². The molecule has 6 rings (SSSR count). The Labute approximate surface area is 222 Å². The molecular formula is C26H22BrF3N2O2S2. The number of nitrogens with one attached hydrogen (secondary N) is 1. The second kappa shape index (κ2) is 9.06. The molecule has 2 aliphatic carbocycles. The van der Waals surface area contributed by atoms with Gasteiger partial charge in [0.05, 0.1) is 10.6 Å². The highest BCUT2D eigenvalue weighted by Gasteiger charge is 2.55. The fourth-order valence-corrected chi connectivity index (χ4v) is 9.66. The summed E-state index contributed by atoms with van der Waals surface area (Å²) in [5.74, 6) is 1.31. The Balaban J connectivity index is 1.32. The third-order valence-corrected chi connectivity index (χ3v) is 11.1. The maximum absolute atomic E-state index is 13.1. The van der Waals surface area contributed by atoms with E-state index in [0.29, 0.717) is 23.0 Å². The molecule has 3 aliphatic rings. The lowest BCUT2D eigenvalue weighted by atomic mass is 9.75. The normalized spacial score (nSPS) is 26.5.